The van der Waals surface area contributed by atoms with Crippen molar-refractivity contribution in [3.63, 3.8) is 0 Å². The zero-order valence-corrected chi connectivity index (χ0v) is 17.7. The van der Waals surface area contributed by atoms with Crippen LogP contribution in [0.1, 0.15) is 26.3 Å². The average Bonchev–Trinajstić information content (AvgIpc) is 2.71. The Hall–Kier alpha value is -3.79. The lowest BCUT2D eigenvalue weighted by Gasteiger charge is -2.15. The van der Waals surface area contributed by atoms with Crippen molar-refractivity contribution in [1.82, 2.24) is 4.98 Å². The first-order chi connectivity index (χ1) is 14.7. The number of nitrogens with one attached hydrogen (secondary N) is 1. The normalized spacial score (nSPS) is 10.5. The molecule has 3 rings (SSSR count). The fraction of sp³-hybridized carbons (Fsp3) is 0.0952. The maximum absolute atomic E-state index is 12.2. The van der Waals surface area contributed by atoms with Gasteiger partial charge in [0.05, 0.1) is 7.11 Å². The van der Waals surface area contributed by atoms with E-state index in [1.165, 1.54) is 25.3 Å². The summed E-state index contributed by atoms with van der Waals surface area (Å²) in [6.45, 7) is 0.218. The van der Waals surface area contributed by atoms with E-state index in [0.717, 1.165) is 10.0 Å². The number of carboxylic acid groups (broad SMARTS) is 2. The van der Waals surface area contributed by atoms with Gasteiger partial charge in [-0.1, -0.05) is 40.2 Å². The SMILES string of the molecule is COc1cc(-c2c(C(=O)O)c(N)[nH]c(=O)c2C(=O)O)ccc1OCc1ccccc1Br. The molecular formula is C21H17BrN2O7. The van der Waals surface area contributed by atoms with Crippen LogP contribution < -0.4 is 20.8 Å². The number of aromatic nitrogens is 1. The van der Waals surface area contributed by atoms with E-state index < -0.39 is 34.4 Å². The van der Waals surface area contributed by atoms with Crippen molar-refractivity contribution in [2.24, 2.45) is 0 Å². The number of ether oxygens (including phenoxy) is 2. The molecule has 3 aromatic rings. The first kappa shape index (κ1) is 21.9. The van der Waals surface area contributed by atoms with Crippen molar-refractivity contribution in [3.05, 3.63) is 74.0 Å². The molecule has 1 heterocycles. The molecule has 0 bridgehead atoms. The average molecular weight is 489 g/mol. The van der Waals surface area contributed by atoms with Crippen LogP contribution in [0.15, 0.2) is 51.7 Å². The third-order valence-corrected chi connectivity index (χ3v) is 5.24. The molecule has 0 fully saturated rings. The van der Waals surface area contributed by atoms with Crippen LogP contribution in [0.2, 0.25) is 0 Å². The van der Waals surface area contributed by atoms with Gasteiger partial charge < -0.3 is 30.4 Å². The fourth-order valence-electron chi connectivity index (χ4n) is 3.05. The Bertz CT molecular complexity index is 1240. The molecule has 0 radical (unpaired) electrons. The molecule has 10 heteroatoms. The molecule has 0 aliphatic carbocycles. The monoisotopic (exact) mass is 488 g/mol. The Morgan fingerprint density at radius 3 is 2.35 bits per heavy atom. The van der Waals surface area contributed by atoms with Gasteiger partial charge >= 0.3 is 11.9 Å². The molecule has 31 heavy (non-hydrogen) atoms. The molecule has 0 atom stereocenters. The molecule has 1 aromatic heterocycles. The number of aromatic amines is 1. The Kier molecular flexibility index (Phi) is 6.30. The van der Waals surface area contributed by atoms with Crippen molar-refractivity contribution in [2.75, 3.05) is 12.8 Å². The van der Waals surface area contributed by atoms with E-state index in [4.69, 9.17) is 15.2 Å². The number of hydrogen-bond donors (Lipinski definition) is 4. The van der Waals surface area contributed by atoms with Gasteiger partial charge in [0.15, 0.2) is 11.5 Å². The van der Waals surface area contributed by atoms with Crippen LogP contribution in [-0.4, -0.2) is 34.2 Å². The van der Waals surface area contributed by atoms with Crippen LogP contribution in [0.5, 0.6) is 11.5 Å². The van der Waals surface area contributed by atoms with Crippen LogP contribution in [0.25, 0.3) is 11.1 Å². The summed E-state index contributed by atoms with van der Waals surface area (Å²) in [5.41, 5.74) is 4.07. The van der Waals surface area contributed by atoms with E-state index in [1.807, 2.05) is 24.3 Å². The summed E-state index contributed by atoms with van der Waals surface area (Å²) in [6, 6.07) is 11.8. The molecule has 0 saturated carbocycles. The number of nitrogen functional groups attached to an aromatic ring is 1. The molecule has 0 unspecified atom stereocenters. The minimum atomic E-state index is -1.59. The highest BCUT2D eigenvalue weighted by molar-refractivity contribution is 9.10. The van der Waals surface area contributed by atoms with Gasteiger partial charge in [-0.15, -0.1) is 0 Å². The van der Waals surface area contributed by atoms with Crippen LogP contribution in [0.4, 0.5) is 5.82 Å². The fourth-order valence-corrected chi connectivity index (χ4v) is 3.45. The van der Waals surface area contributed by atoms with Gasteiger partial charge in [-0.3, -0.25) is 4.79 Å². The van der Waals surface area contributed by atoms with Crippen LogP contribution in [0, 0.1) is 0 Å². The highest BCUT2D eigenvalue weighted by Crippen LogP contribution is 2.36. The number of benzene rings is 2. The topological polar surface area (TPSA) is 152 Å². The summed E-state index contributed by atoms with van der Waals surface area (Å²) in [5.74, 6) is -2.97. The summed E-state index contributed by atoms with van der Waals surface area (Å²) in [4.78, 5) is 37.7. The van der Waals surface area contributed by atoms with Crippen molar-refractivity contribution in [1.29, 1.82) is 0 Å². The molecule has 2 aromatic carbocycles. The Morgan fingerprint density at radius 1 is 1.06 bits per heavy atom. The number of carbonyl (C=O) groups is 2. The number of pyridine rings is 1. The third-order valence-electron chi connectivity index (χ3n) is 4.47. The molecule has 0 amide bonds. The van der Waals surface area contributed by atoms with Crippen molar-refractivity contribution in [2.45, 2.75) is 6.61 Å². The van der Waals surface area contributed by atoms with E-state index in [2.05, 4.69) is 20.9 Å². The van der Waals surface area contributed by atoms with Crippen LogP contribution in [-0.2, 0) is 6.61 Å². The minimum Gasteiger partial charge on any atom is -0.493 e. The first-order valence-corrected chi connectivity index (χ1v) is 9.60. The predicted octanol–water partition coefficient (Wildman–Crippen LogP) is 3.37. The van der Waals surface area contributed by atoms with E-state index in [1.54, 1.807) is 0 Å². The Labute approximate surface area is 184 Å². The first-order valence-electron chi connectivity index (χ1n) is 8.81. The molecule has 0 aliphatic rings. The van der Waals surface area contributed by atoms with E-state index in [9.17, 15) is 24.6 Å². The van der Waals surface area contributed by atoms with E-state index in [0.29, 0.717) is 5.75 Å². The summed E-state index contributed by atoms with van der Waals surface area (Å²) < 4.78 is 12.0. The second-order valence-electron chi connectivity index (χ2n) is 6.35. The van der Waals surface area contributed by atoms with Gasteiger partial charge in [0.2, 0.25) is 0 Å². The standard InChI is InChI=1S/C21H17BrN2O7/c1-30-14-8-10(6-7-13(14)31-9-11-4-2-3-5-12(11)22)15-16(20(26)27)18(23)24-19(25)17(15)21(28)29/h2-8H,9H2,1H3,(H,26,27)(H,28,29)(H3,23,24,25). The maximum atomic E-state index is 12.2. The Balaban J connectivity index is 2.11. The quantitative estimate of drug-likeness (QED) is 0.394. The molecule has 0 spiro atoms. The Morgan fingerprint density at radius 2 is 1.74 bits per heavy atom. The summed E-state index contributed by atoms with van der Waals surface area (Å²) in [5, 5.41) is 19.1. The summed E-state index contributed by atoms with van der Waals surface area (Å²) >= 11 is 3.44. The van der Waals surface area contributed by atoms with Gasteiger partial charge in [0, 0.05) is 15.6 Å². The zero-order valence-electron chi connectivity index (χ0n) is 16.1. The summed E-state index contributed by atoms with van der Waals surface area (Å²) in [7, 11) is 1.38. The molecule has 9 nitrogen and oxygen atoms in total. The zero-order chi connectivity index (χ0) is 22.7. The van der Waals surface area contributed by atoms with Crippen LogP contribution >= 0.6 is 15.9 Å². The second kappa shape index (κ2) is 8.92. The van der Waals surface area contributed by atoms with Gasteiger partial charge in [0.1, 0.15) is 23.6 Å². The third kappa shape index (κ3) is 4.38. The second-order valence-corrected chi connectivity index (χ2v) is 7.20. The highest BCUT2D eigenvalue weighted by atomic mass is 79.9. The van der Waals surface area contributed by atoms with Crippen molar-refractivity contribution >= 4 is 33.7 Å². The number of carboxylic acids is 2. The summed E-state index contributed by atoms with van der Waals surface area (Å²) in [6.07, 6.45) is 0. The largest absolute Gasteiger partial charge is 0.493 e. The number of H-pyrrole nitrogens is 1. The number of hydrogen-bond acceptors (Lipinski definition) is 6. The molecular weight excluding hydrogens is 472 g/mol. The number of halogens is 1. The van der Waals surface area contributed by atoms with Gasteiger partial charge in [0.25, 0.3) is 5.56 Å². The maximum Gasteiger partial charge on any atom is 0.342 e. The van der Waals surface area contributed by atoms with Gasteiger partial charge in [-0.25, -0.2) is 9.59 Å². The van der Waals surface area contributed by atoms with E-state index >= 15 is 0 Å². The molecule has 0 aliphatic heterocycles. The van der Waals surface area contributed by atoms with Gasteiger partial charge in [-0.2, -0.15) is 0 Å². The molecule has 160 valence electrons. The van der Waals surface area contributed by atoms with Crippen LogP contribution in [0.3, 0.4) is 0 Å². The lowest BCUT2D eigenvalue weighted by molar-refractivity contribution is 0.0695. The highest BCUT2D eigenvalue weighted by Gasteiger charge is 2.27. The number of nitrogens with two attached hydrogens (primary N) is 1. The number of methoxy groups -OCH3 is 1. The lowest BCUT2D eigenvalue weighted by Crippen LogP contribution is -2.24. The molecule has 0 saturated heterocycles. The lowest BCUT2D eigenvalue weighted by atomic mass is 9.95. The predicted molar refractivity (Wildman–Crippen MR) is 116 cm³/mol. The van der Waals surface area contributed by atoms with Gasteiger partial charge in [-0.05, 0) is 23.8 Å². The van der Waals surface area contributed by atoms with Crippen molar-refractivity contribution in [3.8, 4) is 22.6 Å². The van der Waals surface area contributed by atoms with E-state index in [-0.39, 0.29) is 23.5 Å². The smallest absolute Gasteiger partial charge is 0.342 e. The number of aromatic carboxylic acids is 2. The van der Waals surface area contributed by atoms with Crippen molar-refractivity contribution < 1.29 is 29.3 Å². The minimum absolute atomic E-state index is 0.123. The molecule has 5 N–H and O–H groups in total. The number of anilines is 1. The number of rotatable bonds is 7.